The molecule has 6 heteroatoms. The first-order valence-corrected chi connectivity index (χ1v) is 10.3. The molecule has 1 fully saturated rings. The molecular weight excluding hydrogens is 391 g/mol. The van der Waals surface area contributed by atoms with Crippen LogP contribution in [0.5, 0.6) is 0 Å². The number of hydrogen-bond donors (Lipinski definition) is 0. The van der Waals surface area contributed by atoms with E-state index in [0.717, 1.165) is 22.5 Å². The molecule has 0 atom stereocenters. The first-order chi connectivity index (χ1) is 15.2. The Bertz CT molecular complexity index is 1230. The van der Waals surface area contributed by atoms with E-state index in [0.29, 0.717) is 31.7 Å². The van der Waals surface area contributed by atoms with Gasteiger partial charge in [0.15, 0.2) is 5.82 Å². The van der Waals surface area contributed by atoms with E-state index >= 15 is 0 Å². The van der Waals surface area contributed by atoms with Crippen LogP contribution in [0.4, 0.5) is 10.2 Å². The number of hydrogen-bond acceptors (Lipinski definition) is 4. The van der Waals surface area contributed by atoms with Crippen LogP contribution < -0.4 is 4.90 Å². The van der Waals surface area contributed by atoms with Gasteiger partial charge in [0, 0.05) is 37.3 Å². The molecule has 0 saturated carbocycles. The summed E-state index contributed by atoms with van der Waals surface area (Å²) in [5.74, 6) is 0.254. The maximum atomic E-state index is 13.4. The summed E-state index contributed by atoms with van der Waals surface area (Å²) in [7, 11) is 0. The molecule has 0 spiro atoms. The normalized spacial score (nSPS) is 14.1. The predicted molar refractivity (Wildman–Crippen MR) is 119 cm³/mol. The second kappa shape index (κ2) is 8.14. The highest BCUT2D eigenvalue weighted by Gasteiger charge is 2.23. The second-order valence-corrected chi connectivity index (χ2v) is 7.59. The van der Waals surface area contributed by atoms with Crippen LogP contribution >= 0.6 is 0 Å². The Morgan fingerprint density at radius 1 is 0.806 bits per heavy atom. The zero-order valence-electron chi connectivity index (χ0n) is 16.9. The molecule has 0 aliphatic carbocycles. The number of rotatable bonds is 3. The lowest BCUT2D eigenvalue weighted by Crippen LogP contribution is -2.49. The second-order valence-electron chi connectivity index (χ2n) is 7.59. The van der Waals surface area contributed by atoms with Crippen molar-refractivity contribution in [3.8, 4) is 11.3 Å². The average molecular weight is 412 g/mol. The minimum atomic E-state index is -0.397. The lowest BCUT2D eigenvalue weighted by molar-refractivity contribution is 0.0746. The molecule has 1 aromatic heterocycles. The van der Waals surface area contributed by atoms with E-state index in [1.807, 2.05) is 30.3 Å². The average Bonchev–Trinajstić information content (AvgIpc) is 2.83. The third-order valence-corrected chi connectivity index (χ3v) is 5.68. The van der Waals surface area contributed by atoms with Gasteiger partial charge in [0.25, 0.3) is 5.91 Å². The van der Waals surface area contributed by atoms with Gasteiger partial charge in [-0.1, -0.05) is 48.5 Å². The summed E-state index contributed by atoms with van der Waals surface area (Å²) in [5.41, 5.74) is 2.27. The lowest BCUT2D eigenvalue weighted by atomic mass is 10.0. The van der Waals surface area contributed by atoms with Crippen molar-refractivity contribution in [3.05, 3.63) is 90.2 Å². The number of carbonyl (C=O) groups excluding carboxylic acids is 1. The fourth-order valence-electron chi connectivity index (χ4n) is 4.03. The fourth-order valence-corrected chi connectivity index (χ4v) is 4.03. The summed E-state index contributed by atoms with van der Waals surface area (Å²) >= 11 is 0. The Labute approximate surface area is 179 Å². The summed E-state index contributed by atoms with van der Waals surface area (Å²) in [6, 6.07) is 24.2. The zero-order chi connectivity index (χ0) is 21.2. The van der Waals surface area contributed by atoms with Gasteiger partial charge in [-0.15, -0.1) is 10.2 Å². The third kappa shape index (κ3) is 3.84. The fraction of sp³-hybridized carbons (Fsp3) is 0.160. The Hall–Kier alpha value is -3.80. The van der Waals surface area contributed by atoms with Crippen molar-refractivity contribution in [2.45, 2.75) is 0 Å². The number of aromatic nitrogens is 2. The number of piperazine rings is 1. The lowest BCUT2D eigenvalue weighted by Gasteiger charge is -2.35. The molecule has 0 N–H and O–H groups in total. The van der Waals surface area contributed by atoms with Crippen LogP contribution in [0.2, 0.25) is 0 Å². The van der Waals surface area contributed by atoms with Gasteiger partial charge in [0.05, 0.1) is 5.69 Å². The molecule has 0 unspecified atom stereocenters. The summed E-state index contributed by atoms with van der Waals surface area (Å²) in [5, 5.41) is 11.2. The van der Waals surface area contributed by atoms with Crippen LogP contribution in [0.15, 0.2) is 78.9 Å². The van der Waals surface area contributed by atoms with Crippen LogP contribution in [0.3, 0.4) is 0 Å². The zero-order valence-corrected chi connectivity index (χ0v) is 16.9. The summed E-state index contributed by atoms with van der Waals surface area (Å²) < 4.78 is 13.4. The number of benzene rings is 3. The van der Waals surface area contributed by atoms with Crippen molar-refractivity contribution in [1.82, 2.24) is 15.1 Å². The Morgan fingerprint density at radius 2 is 1.58 bits per heavy atom. The maximum absolute atomic E-state index is 13.4. The minimum Gasteiger partial charge on any atom is -0.352 e. The van der Waals surface area contributed by atoms with E-state index in [2.05, 4.69) is 39.4 Å². The first kappa shape index (κ1) is 19.2. The smallest absolute Gasteiger partial charge is 0.254 e. The van der Waals surface area contributed by atoms with Gasteiger partial charge >= 0.3 is 0 Å². The SMILES string of the molecule is O=C(c1cccc(F)c1)N1CCN(c2ccc(-c3cccc4ccccc34)nn2)CC1. The molecule has 1 aliphatic rings. The van der Waals surface area contributed by atoms with Gasteiger partial charge in [0.2, 0.25) is 0 Å². The Balaban J connectivity index is 1.29. The summed E-state index contributed by atoms with van der Waals surface area (Å²) in [6.45, 7) is 2.43. The standard InChI is InChI=1S/C25H21FN4O/c26-20-8-3-7-19(17-20)25(31)30-15-13-29(14-16-30)24-12-11-23(27-28-24)22-10-4-6-18-5-1-2-9-21(18)22/h1-12,17H,13-16H2. The molecule has 5 nitrogen and oxygen atoms in total. The molecule has 0 radical (unpaired) electrons. The van der Waals surface area contributed by atoms with Gasteiger partial charge in [-0.05, 0) is 41.1 Å². The quantitative estimate of drug-likeness (QED) is 0.501. The van der Waals surface area contributed by atoms with Crippen molar-refractivity contribution >= 4 is 22.5 Å². The number of halogens is 1. The van der Waals surface area contributed by atoms with Gasteiger partial charge in [-0.2, -0.15) is 0 Å². The molecule has 31 heavy (non-hydrogen) atoms. The van der Waals surface area contributed by atoms with Crippen molar-refractivity contribution in [3.63, 3.8) is 0 Å². The highest BCUT2D eigenvalue weighted by molar-refractivity contribution is 5.96. The molecule has 2 heterocycles. The number of fused-ring (bicyclic) bond motifs is 1. The van der Waals surface area contributed by atoms with Gasteiger partial charge in [-0.25, -0.2) is 4.39 Å². The van der Waals surface area contributed by atoms with Crippen LogP contribution in [0.25, 0.3) is 22.0 Å². The summed E-state index contributed by atoms with van der Waals surface area (Å²) in [4.78, 5) is 16.5. The first-order valence-electron chi connectivity index (χ1n) is 10.3. The van der Waals surface area contributed by atoms with E-state index < -0.39 is 5.82 Å². The van der Waals surface area contributed by atoms with Crippen molar-refractivity contribution in [1.29, 1.82) is 0 Å². The van der Waals surface area contributed by atoms with Crippen LogP contribution in [-0.4, -0.2) is 47.2 Å². The van der Waals surface area contributed by atoms with Crippen molar-refractivity contribution in [2.75, 3.05) is 31.1 Å². The number of nitrogens with zero attached hydrogens (tertiary/aromatic N) is 4. The molecule has 4 aromatic rings. The van der Waals surface area contributed by atoms with Crippen LogP contribution in [-0.2, 0) is 0 Å². The highest BCUT2D eigenvalue weighted by atomic mass is 19.1. The van der Waals surface area contributed by atoms with E-state index in [1.165, 1.54) is 17.5 Å². The third-order valence-electron chi connectivity index (χ3n) is 5.68. The predicted octanol–water partition coefficient (Wildman–Crippen LogP) is 4.40. The van der Waals surface area contributed by atoms with Gasteiger partial charge < -0.3 is 9.80 Å². The Kier molecular flexibility index (Phi) is 5.04. The van der Waals surface area contributed by atoms with Crippen LogP contribution in [0.1, 0.15) is 10.4 Å². The molecule has 1 saturated heterocycles. The molecule has 3 aromatic carbocycles. The molecule has 1 amide bonds. The van der Waals surface area contributed by atoms with Crippen molar-refractivity contribution in [2.24, 2.45) is 0 Å². The van der Waals surface area contributed by atoms with E-state index in [-0.39, 0.29) is 5.91 Å². The molecule has 154 valence electrons. The van der Waals surface area contributed by atoms with E-state index in [9.17, 15) is 9.18 Å². The molecule has 1 aliphatic heterocycles. The van der Waals surface area contributed by atoms with Crippen molar-refractivity contribution < 1.29 is 9.18 Å². The largest absolute Gasteiger partial charge is 0.352 e. The molecule has 5 rings (SSSR count). The molecular formula is C25H21FN4O. The topological polar surface area (TPSA) is 49.3 Å². The number of carbonyl (C=O) groups is 1. The maximum Gasteiger partial charge on any atom is 0.254 e. The summed E-state index contributed by atoms with van der Waals surface area (Å²) in [6.07, 6.45) is 0. The van der Waals surface area contributed by atoms with E-state index in [1.54, 1.807) is 17.0 Å². The number of anilines is 1. The van der Waals surface area contributed by atoms with E-state index in [4.69, 9.17) is 0 Å². The monoisotopic (exact) mass is 412 g/mol. The van der Waals surface area contributed by atoms with Gasteiger partial charge in [-0.3, -0.25) is 4.79 Å². The highest BCUT2D eigenvalue weighted by Crippen LogP contribution is 2.27. The van der Waals surface area contributed by atoms with Crippen LogP contribution in [0, 0.1) is 5.82 Å². The Morgan fingerprint density at radius 3 is 2.35 bits per heavy atom. The number of amides is 1. The minimum absolute atomic E-state index is 0.142. The molecule has 0 bridgehead atoms. The van der Waals surface area contributed by atoms with Gasteiger partial charge in [0.1, 0.15) is 5.82 Å².